The van der Waals surface area contributed by atoms with E-state index in [0.29, 0.717) is 24.4 Å². The number of aromatic nitrogens is 4. The van der Waals surface area contributed by atoms with Crippen LogP contribution in [-0.4, -0.2) is 32.2 Å². The van der Waals surface area contributed by atoms with Crippen LogP contribution in [-0.2, 0) is 13.5 Å². The van der Waals surface area contributed by atoms with Gasteiger partial charge in [-0.3, -0.25) is 9.36 Å². The third-order valence-corrected chi connectivity index (χ3v) is 5.04. The molecule has 3 rings (SSSR count). The fraction of sp³-hybridized carbons (Fsp3) is 0.294. The summed E-state index contributed by atoms with van der Waals surface area (Å²) in [6.07, 6.45) is 0.485. The van der Waals surface area contributed by atoms with E-state index in [1.54, 1.807) is 18.4 Å². The van der Waals surface area contributed by atoms with Gasteiger partial charge in [-0.05, 0) is 31.5 Å². The molecule has 3 aromatic rings. The maximum atomic E-state index is 12.2. The number of hydrogen-bond acceptors (Lipinski definition) is 5. The molecule has 2 N–H and O–H groups in total. The molecule has 0 aliphatic rings. The number of aryl methyl sites for hydroxylation is 2. The lowest BCUT2D eigenvalue weighted by molar-refractivity contribution is 0.0954. The zero-order valence-corrected chi connectivity index (χ0v) is 15.1. The lowest BCUT2D eigenvalue weighted by Gasteiger charge is -2.06. The van der Waals surface area contributed by atoms with Gasteiger partial charge < -0.3 is 5.32 Å². The molecule has 1 amide bonds. The Morgan fingerprint density at radius 3 is 2.56 bits per heavy atom. The molecule has 0 aliphatic heterocycles. The third kappa shape index (κ3) is 3.69. The molecular weight excluding hydrogens is 338 g/mol. The lowest BCUT2D eigenvalue weighted by atomic mass is 10.1. The Morgan fingerprint density at radius 2 is 2.00 bits per heavy atom. The zero-order valence-electron chi connectivity index (χ0n) is 14.3. The Balaban J connectivity index is 1.62. The first-order valence-electron chi connectivity index (χ1n) is 7.88. The van der Waals surface area contributed by atoms with Crippen molar-refractivity contribution in [2.75, 3.05) is 6.54 Å². The van der Waals surface area contributed by atoms with Gasteiger partial charge in [0.15, 0.2) is 0 Å². The van der Waals surface area contributed by atoms with E-state index in [4.69, 9.17) is 0 Å². The van der Waals surface area contributed by atoms with Gasteiger partial charge in [0.2, 0.25) is 0 Å². The van der Waals surface area contributed by atoms with E-state index in [1.165, 1.54) is 4.57 Å². The summed E-state index contributed by atoms with van der Waals surface area (Å²) in [5.41, 5.74) is 2.40. The number of benzene rings is 1. The van der Waals surface area contributed by atoms with Gasteiger partial charge in [0.25, 0.3) is 5.91 Å². The Kier molecular flexibility index (Phi) is 4.80. The van der Waals surface area contributed by atoms with E-state index in [-0.39, 0.29) is 11.6 Å². The summed E-state index contributed by atoms with van der Waals surface area (Å²) in [5.74, 6) is 0.459. The van der Waals surface area contributed by atoms with E-state index in [0.717, 1.165) is 21.1 Å². The second kappa shape index (κ2) is 7.02. The highest BCUT2D eigenvalue weighted by Crippen LogP contribution is 2.29. The molecule has 0 bridgehead atoms. The molecule has 1 aromatic carbocycles. The number of carbonyl (C=O) groups is 1. The van der Waals surface area contributed by atoms with E-state index < -0.39 is 0 Å². The highest BCUT2D eigenvalue weighted by atomic mass is 32.1. The first-order chi connectivity index (χ1) is 12.0. The Hall–Kier alpha value is -2.74. The standard InChI is InChI=1S/C17H19N5O2S/c1-10-15(25-11(2)19-10)12-4-6-13(7-5-12)16(23)18-9-8-14-20-21-17(24)22(14)3/h4-7H,8-9H2,1-3H3,(H,18,23)(H,21,24). The fourth-order valence-electron chi connectivity index (χ4n) is 2.57. The maximum absolute atomic E-state index is 12.2. The predicted octanol–water partition coefficient (Wildman–Crippen LogP) is 1.82. The van der Waals surface area contributed by atoms with E-state index in [1.807, 2.05) is 38.1 Å². The summed E-state index contributed by atoms with van der Waals surface area (Å²) in [6.45, 7) is 4.38. The molecule has 8 heteroatoms. The quantitative estimate of drug-likeness (QED) is 0.728. The van der Waals surface area contributed by atoms with Crippen molar-refractivity contribution < 1.29 is 4.79 Å². The minimum atomic E-state index is -0.259. The Morgan fingerprint density at radius 1 is 1.28 bits per heavy atom. The number of carbonyl (C=O) groups excluding carboxylic acids is 1. The van der Waals surface area contributed by atoms with Crippen LogP contribution in [0.4, 0.5) is 0 Å². The smallest absolute Gasteiger partial charge is 0.343 e. The number of rotatable bonds is 5. The van der Waals surface area contributed by atoms with E-state index in [2.05, 4.69) is 20.5 Å². The fourth-order valence-corrected chi connectivity index (χ4v) is 3.49. The van der Waals surface area contributed by atoms with Crippen molar-refractivity contribution in [2.24, 2.45) is 7.05 Å². The molecule has 0 saturated heterocycles. The van der Waals surface area contributed by atoms with Gasteiger partial charge >= 0.3 is 5.69 Å². The van der Waals surface area contributed by atoms with E-state index >= 15 is 0 Å². The number of amides is 1. The Bertz CT molecular complexity index is 952. The van der Waals surface area contributed by atoms with Gasteiger partial charge in [-0.25, -0.2) is 14.9 Å². The molecule has 0 atom stereocenters. The average Bonchev–Trinajstić information content (AvgIpc) is 3.10. The number of thiazole rings is 1. The monoisotopic (exact) mass is 357 g/mol. The summed E-state index contributed by atoms with van der Waals surface area (Å²) in [7, 11) is 1.64. The van der Waals surface area contributed by atoms with Crippen LogP contribution in [0.3, 0.4) is 0 Å². The molecule has 2 aromatic heterocycles. The topological polar surface area (TPSA) is 92.7 Å². The highest BCUT2D eigenvalue weighted by Gasteiger charge is 2.10. The van der Waals surface area contributed by atoms with Gasteiger partial charge in [0.05, 0.1) is 15.6 Å². The molecule has 0 saturated carbocycles. The molecule has 0 unspecified atom stereocenters. The summed E-state index contributed by atoms with van der Waals surface area (Å²) >= 11 is 1.65. The Labute approximate surface area is 148 Å². The number of nitrogens with zero attached hydrogens (tertiary/aromatic N) is 3. The second-order valence-electron chi connectivity index (χ2n) is 5.73. The molecular formula is C17H19N5O2S. The molecule has 25 heavy (non-hydrogen) atoms. The van der Waals surface area contributed by atoms with Crippen molar-refractivity contribution >= 4 is 17.2 Å². The number of aromatic amines is 1. The molecule has 130 valence electrons. The molecule has 0 aliphatic carbocycles. The van der Waals surface area contributed by atoms with Gasteiger partial charge in [-0.1, -0.05) is 12.1 Å². The van der Waals surface area contributed by atoms with Crippen molar-refractivity contribution in [1.82, 2.24) is 25.1 Å². The summed E-state index contributed by atoms with van der Waals surface area (Å²) in [5, 5.41) is 10.2. The maximum Gasteiger partial charge on any atom is 0.343 e. The van der Waals surface area contributed by atoms with Crippen molar-refractivity contribution in [3.05, 3.63) is 56.8 Å². The normalized spacial score (nSPS) is 10.8. The first-order valence-corrected chi connectivity index (χ1v) is 8.70. The van der Waals surface area contributed by atoms with Crippen molar-refractivity contribution in [3.8, 4) is 10.4 Å². The van der Waals surface area contributed by atoms with Crippen LogP contribution in [0.2, 0.25) is 0 Å². The number of hydrogen-bond donors (Lipinski definition) is 2. The van der Waals surface area contributed by atoms with Crippen LogP contribution in [0, 0.1) is 13.8 Å². The zero-order chi connectivity index (χ0) is 18.0. The molecule has 2 heterocycles. The first kappa shape index (κ1) is 17.1. The summed E-state index contributed by atoms with van der Waals surface area (Å²) in [4.78, 5) is 29.1. The lowest BCUT2D eigenvalue weighted by Crippen LogP contribution is -2.26. The minimum absolute atomic E-state index is 0.149. The number of nitrogens with one attached hydrogen (secondary N) is 2. The van der Waals surface area contributed by atoms with Crippen LogP contribution in [0.25, 0.3) is 10.4 Å². The predicted molar refractivity (Wildman–Crippen MR) is 96.9 cm³/mol. The van der Waals surface area contributed by atoms with Crippen LogP contribution < -0.4 is 11.0 Å². The van der Waals surface area contributed by atoms with Crippen molar-refractivity contribution in [2.45, 2.75) is 20.3 Å². The second-order valence-corrected chi connectivity index (χ2v) is 6.94. The van der Waals surface area contributed by atoms with Crippen LogP contribution in [0.15, 0.2) is 29.1 Å². The molecule has 0 spiro atoms. The van der Waals surface area contributed by atoms with Gasteiger partial charge in [-0.2, -0.15) is 5.10 Å². The van der Waals surface area contributed by atoms with Crippen molar-refractivity contribution in [1.29, 1.82) is 0 Å². The highest BCUT2D eigenvalue weighted by molar-refractivity contribution is 7.15. The van der Waals surface area contributed by atoms with Crippen LogP contribution in [0.5, 0.6) is 0 Å². The van der Waals surface area contributed by atoms with Gasteiger partial charge in [0, 0.05) is 25.6 Å². The minimum Gasteiger partial charge on any atom is -0.352 e. The largest absolute Gasteiger partial charge is 0.352 e. The van der Waals surface area contributed by atoms with E-state index in [9.17, 15) is 9.59 Å². The third-order valence-electron chi connectivity index (χ3n) is 3.92. The van der Waals surface area contributed by atoms with Crippen molar-refractivity contribution in [3.63, 3.8) is 0 Å². The van der Waals surface area contributed by atoms with Crippen LogP contribution >= 0.6 is 11.3 Å². The number of H-pyrrole nitrogens is 1. The summed E-state index contributed by atoms with van der Waals surface area (Å²) < 4.78 is 1.43. The average molecular weight is 357 g/mol. The SMILES string of the molecule is Cc1nc(C)c(-c2ccc(C(=O)NCCc3n[nH]c(=O)n3C)cc2)s1. The molecule has 7 nitrogen and oxygen atoms in total. The summed E-state index contributed by atoms with van der Waals surface area (Å²) in [6, 6.07) is 7.49. The molecule has 0 fully saturated rings. The van der Waals surface area contributed by atoms with Crippen LogP contribution in [0.1, 0.15) is 26.9 Å². The van der Waals surface area contributed by atoms with Gasteiger partial charge in [0.1, 0.15) is 5.82 Å². The van der Waals surface area contributed by atoms with Gasteiger partial charge in [-0.15, -0.1) is 11.3 Å². The molecule has 0 radical (unpaired) electrons.